The first-order chi connectivity index (χ1) is 13.3. The molecule has 5 atom stereocenters. The van der Waals surface area contributed by atoms with Gasteiger partial charge in [0.2, 0.25) is 5.91 Å². The van der Waals surface area contributed by atoms with Crippen LogP contribution in [0.2, 0.25) is 36.3 Å². The van der Waals surface area contributed by atoms with Crippen LogP contribution < -0.4 is 5.00 Å². The van der Waals surface area contributed by atoms with Gasteiger partial charge in [-0.1, -0.05) is 54.6 Å². The van der Waals surface area contributed by atoms with Crippen LogP contribution in [-0.4, -0.2) is 53.1 Å². The molecule has 6 nitrogen and oxygen atoms in total. The maximum absolute atomic E-state index is 13.5. The summed E-state index contributed by atoms with van der Waals surface area (Å²) in [7, 11) is -2.52. The molecule has 1 rings (SSSR count). The average molecular weight is 475 g/mol. The Balaban J connectivity index is 3.28. The molecular formula is C20H44BN2O4PSi2. The summed E-state index contributed by atoms with van der Waals surface area (Å²) in [6, 6.07) is -0.188. The molecule has 1 N–H and O–H groups in total. The van der Waals surface area contributed by atoms with Crippen LogP contribution in [0, 0.1) is 11.8 Å². The molecule has 0 spiro atoms. The Bertz CT molecular complexity index is 650. The standard InChI is InChI=1S/C20H44BN2O4PSi2/c1-13(18(25)26-28-22-21)16-15(14(2)27-30(11,12)20(6,7)8)17(24)23(16)29(9,10)19(3,4)5/h13-16,22,28H,21H2,1-12H3. The fraction of sp³-hybridized carbons (Fsp3) is 0.900. The van der Waals surface area contributed by atoms with Gasteiger partial charge in [0, 0.05) is 0 Å². The molecule has 5 unspecified atom stereocenters. The van der Waals surface area contributed by atoms with Crippen molar-refractivity contribution in [3.05, 3.63) is 0 Å². The zero-order chi connectivity index (χ0) is 23.9. The van der Waals surface area contributed by atoms with Crippen LogP contribution in [0.4, 0.5) is 0 Å². The summed E-state index contributed by atoms with van der Waals surface area (Å²) in [5.41, 5.74) is 0. The number of carbonyl (C=O) groups excluding carboxylic acids is 2. The van der Waals surface area contributed by atoms with Crippen molar-refractivity contribution in [2.24, 2.45) is 11.8 Å². The second kappa shape index (κ2) is 9.34. The molecule has 30 heavy (non-hydrogen) atoms. The van der Waals surface area contributed by atoms with E-state index in [1.165, 1.54) is 0 Å². The van der Waals surface area contributed by atoms with Gasteiger partial charge in [-0.25, -0.2) is 0 Å². The van der Waals surface area contributed by atoms with Crippen molar-refractivity contribution in [2.75, 3.05) is 0 Å². The molecular weight excluding hydrogens is 430 g/mol. The van der Waals surface area contributed by atoms with Crippen molar-refractivity contribution >= 4 is 45.4 Å². The quantitative estimate of drug-likeness (QED) is 0.327. The third kappa shape index (κ3) is 5.40. The summed E-state index contributed by atoms with van der Waals surface area (Å²) in [6.07, 6.45) is -0.230. The van der Waals surface area contributed by atoms with E-state index >= 15 is 0 Å². The van der Waals surface area contributed by atoms with Crippen molar-refractivity contribution in [3.8, 4) is 0 Å². The molecule has 1 amide bonds. The smallest absolute Gasteiger partial charge is 0.314 e. The zero-order valence-corrected chi connectivity index (χ0v) is 24.4. The third-order valence-corrected chi connectivity index (χ3v) is 18.0. The molecule has 0 aromatic rings. The van der Waals surface area contributed by atoms with Gasteiger partial charge in [-0.15, -0.1) is 0 Å². The second-order valence-corrected chi connectivity index (χ2v) is 22.4. The minimum Gasteiger partial charge on any atom is -0.432 e. The first-order valence-electron chi connectivity index (χ1n) is 10.9. The topological polar surface area (TPSA) is 67.9 Å². The Morgan fingerprint density at radius 3 is 2.00 bits per heavy atom. The van der Waals surface area contributed by atoms with E-state index in [9.17, 15) is 9.59 Å². The molecule has 174 valence electrons. The lowest BCUT2D eigenvalue weighted by Gasteiger charge is -2.61. The first-order valence-corrected chi connectivity index (χ1v) is 17.7. The van der Waals surface area contributed by atoms with E-state index < -0.39 is 22.5 Å². The van der Waals surface area contributed by atoms with Gasteiger partial charge in [-0.3, -0.25) is 9.59 Å². The molecule has 10 heteroatoms. The number of hydrogen-bond acceptors (Lipinski definition) is 5. The SMILES string of the molecule is BNPOC(=O)C(C)C1C(C(C)O[Si](C)(C)C(C)(C)C)C(=O)N1[Si](C)(C)C(C)(C)C. The number of hydrogen-bond donors (Lipinski definition) is 1. The number of nitrogens with zero attached hydrogens (tertiary/aromatic N) is 1. The van der Waals surface area contributed by atoms with E-state index in [0.717, 1.165) is 0 Å². The maximum atomic E-state index is 13.5. The number of β-lactam (4-membered cyclic amide) rings is 1. The number of amides is 1. The molecule has 1 heterocycles. The number of nitrogens with one attached hydrogen (secondary N) is 1. The van der Waals surface area contributed by atoms with Crippen LogP contribution in [-0.2, 0) is 18.5 Å². The van der Waals surface area contributed by atoms with E-state index in [0.29, 0.717) is 0 Å². The fourth-order valence-corrected chi connectivity index (χ4v) is 7.97. The highest BCUT2D eigenvalue weighted by atomic mass is 31.1. The predicted octanol–water partition coefficient (Wildman–Crippen LogP) is 4.05. The lowest BCUT2D eigenvalue weighted by atomic mass is 9.79. The van der Waals surface area contributed by atoms with Gasteiger partial charge in [-0.05, 0) is 37.0 Å². The van der Waals surface area contributed by atoms with Gasteiger partial charge in [0.15, 0.2) is 24.5 Å². The van der Waals surface area contributed by atoms with E-state index in [1.54, 1.807) is 7.98 Å². The zero-order valence-electron chi connectivity index (χ0n) is 21.4. The molecule has 0 aromatic carbocycles. The van der Waals surface area contributed by atoms with Crippen LogP contribution >= 0.6 is 8.96 Å². The predicted molar refractivity (Wildman–Crippen MR) is 134 cm³/mol. The molecule has 1 fully saturated rings. The number of carbonyl (C=O) groups is 2. The molecule has 1 saturated heterocycles. The third-order valence-electron chi connectivity index (χ3n) is 7.56. The van der Waals surface area contributed by atoms with Crippen LogP contribution in [0.25, 0.3) is 0 Å². The van der Waals surface area contributed by atoms with Crippen molar-refractivity contribution in [2.45, 2.75) is 104 Å². The van der Waals surface area contributed by atoms with Gasteiger partial charge < -0.3 is 18.5 Å². The minimum absolute atomic E-state index is 0.00818. The van der Waals surface area contributed by atoms with Crippen LogP contribution in [0.5, 0.6) is 0 Å². The maximum Gasteiger partial charge on any atom is 0.314 e. The molecule has 1 aliphatic rings. The van der Waals surface area contributed by atoms with Gasteiger partial charge in [0.1, 0.15) is 8.96 Å². The Kier molecular flexibility index (Phi) is 8.66. The van der Waals surface area contributed by atoms with Crippen LogP contribution in [0.15, 0.2) is 0 Å². The largest absolute Gasteiger partial charge is 0.432 e. The lowest BCUT2D eigenvalue weighted by molar-refractivity contribution is -0.162. The highest BCUT2D eigenvalue weighted by Crippen LogP contribution is 2.49. The molecule has 0 saturated carbocycles. The number of rotatable bonds is 8. The molecule has 0 bridgehead atoms. The van der Waals surface area contributed by atoms with E-state index in [4.69, 9.17) is 8.95 Å². The Labute approximate surface area is 189 Å². The highest BCUT2D eigenvalue weighted by Gasteiger charge is 2.62. The molecule has 1 aliphatic heterocycles. The highest BCUT2D eigenvalue weighted by molar-refractivity contribution is 7.32. The van der Waals surface area contributed by atoms with Crippen molar-refractivity contribution in [1.29, 1.82) is 0 Å². The summed E-state index contributed by atoms with van der Waals surface area (Å²) in [5, 5.41) is 0.0485. The van der Waals surface area contributed by atoms with E-state index in [1.807, 2.05) is 13.8 Å². The van der Waals surface area contributed by atoms with Gasteiger partial charge in [0.25, 0.3) is 0 Å². The summed E-state index contributed by atoms with van der Waals surface area (Å²) in [5.74, 6) is -0.830. The van der Waals surface area contributed by atoms with Crippen LogP contribution in [0.1, 0.15) is 55.4 Å². The summed E-state index contributed by atoms with van der Waals surface area (Å²) >= 11 is 0. The second-order valence-electron chi connectivity index (χ2n) is 11.7. The van der Waals surface area contributed by atoms with Gasteiger partial charge >= 0.3 is 5.97 Å². The molecule has 0 aromatic heterocycles. The van der Waals surface area contributed by atoms with E-state index in [-0.39, 0.29) is 49.0 Å². The summed E-state index contributed by atoms with van der Waals surface area (Å²) in [4.78, 5) is 29.2. The van der Waals surface area contributed by atoms with Crippen molar-refractivity contribution in [3.63, 3.8) is 0 Å². The Hall–Kier alpha value is -0.211. The summed E-state index contributed by atoms with van der Waals surface area (Å²) < 4.78 is 14.1. The van der Waals surface area contributed by atoms with Gasteiger partial charge in [-0.2, -0.15) is 0 Å². The Morgan fingerprint density at radius 1 is 1.10 bits per heavy atom. The van der Waals surface area contributed by atoms with E-state index in [2.05, 4.69) is 77.3 Å². The Morgan fingerprint density at radius 2 is 1.60 bits per heavy atom. The average Bonchev–Trinajstić information content (AvgIpc) is 2.53. The minimum atomic E-state index is -2.15. The van der Waals surface area contributed by atoms with Crippen LogP contribution in [0.3, 0.4) is 0 Å². The van der Waals surface area contributed by atoms with Crippen molar-refractivity contribution in [1.82, 2.24) is 9.56 Å². The molecule has 0 aliphatic carbocycles. The molecule has 0 radical (unpaired) electrons. The van der Waals surface area contributed by atoms with Gasteiger partial charge in [0.05, 0.1) is 24.0 Å². The first kappa shape index (κ1) is 27.8. The normalized spacial score (nSPS) is 23.5. The van der Waals surface area contributed by atoms with Crippen molar-refractivity contribution < 1.29 is 18.5 Å². The monoisotopic (exact) mass is 474 g/mol. The lowest BCUT2D eigenvalue weighted by Crippen LogP contribution is -2.77. The fourth-order valence-electron chi connectivity index (χ4n) is 3.60. The summed E-state index contributed by atoms with van der Waals surface area (Å²) in [6.45, 7) is 25.9.